The minimum absolute atomic E-state index is 0.682. The average molecular weight is 252 g/mol. The molecular formula is C17H16O2. The smallest absolute Gasteiger partial charge is 0.184 e. The molecule has 96 valence electrons. The molecule has 2 aromatic rings. The fourth-order valence-corrected chi connectivity index (χ4v) is 2.75. The third-order valence-electron chi connectivity index (χ3n) is 3.71. The molecule has 2 heteroatoms. The molecule has 0 aromatic heterocycles. The van der Waals surface area contributed by atoms with Gasteiger partial charge in [-0.05, 0) is 24.0 Å². The van der Waals surface area contributed by atoms with Crippen LogP contribution in [0.4, 0.5) is 0 Å². The van der Waals surface area contributed by atoms with Crippen molar-refractivity contribution in [3.05, 3.63) is 83.6 Å². The van der Waals surface area contributed by atoms with Gasteiger partial charge in [0.15, 0.2) is 5.79 Å². The van der Waals surface area contributed by atoms with E-state index in [2.05, 4.69) is 0 Å². The van der Waals surface area contributed by atoms with Crippen LogP contribution in [0.15, 0.2) is 60.7 Å². The van der Waals surface area contributed by atoms with Crippen LogP contribution in [0.5, 0.6) is 0 Å². The molecule has 0 bridgehead atoms. The normalized spacial score (nSPS) is 19.7. The van der Waals surface area contributed by atoms with Crippen LogP contribution in [0.1, 0.15) is 24.0 Å². The molecule has 1 fully saturated rings. The zero-order chi connectivity index (χ0) is 13.3. The summed E-state index contributed by atoms with van der Waals surface area (Å²) in [6.07, 6.45) is 1.36. The van der Waals surface area contributed by atoms with Gasteiger partial charge in [0, 0.05) is 0 Å². The van der Waals surface area contributed by atoms with Crippen molar-refractivity contribution in [2.45, 2.75) is 18.6 Å². The molecule has 0 unspecified atom stereocenters. The molecule has 2 nitrogen and oxygen atoms in total. The van der Waals surface area contributed by atoms with Crippen molar-refractivity contribution in [2.75, 3.05) is 0 Å². The third kappa shape index (κ3) is 2.18. The summed E-state index contributed by atoms with van der Waals surface area (Å²) in [6, 6.07) is 19.2. The summed E-state index contributed by atoms with van der Waals surface area (Å²) >= 11 is 0. The lowest BCUT2D eigenvalue weighted by molar-refractivity contribution is -0.115. The maximum Gasteiger partial charge on any atom is 0.184 e. The summed E-state index contributed by atoms with van der Waals surface area (Å²) in [7, 11) is 0. The van der Waals surface area contributed by atoms with Crippen LogP contribution in [0.3, 0.4) is 0 Å². The van der Waals surface area contributed by atoms with Gasteiger partial charge in [-0.3, -0.25) is 0 Å². The Morgan fingerprint density at radius 3 is 1.37 bits per heavy atom. The van der Waals surface area contributed by atoms with Crippen molar-refractivity contribution >= 4 is 0 Å². The van der Waals surface area contributed by atoms with Crippen molar-refractivity contribution in [3.63, 3.8) is 0 Å². The van der Waals surface area contributed by atoms with Crippen molar-refractivity contribution in [3.8, 4) is 0 Å². The van der Waals surface area contributed by atoms with E-state index in [0.717, 1.165) is 11.1 Å². The van der Waals surface area contributed by atoms with E-state index in [9.17, 15) is 10.2 Å². The van der Waals surface area contributed by atoms with Crippen LogP contribution >= 0.6 is 0 Å². The fourth-order valence-electron chi connectivity index (χ4n) is 2.75. The highest BCUT2D eigenvalue weighted by molar-refractivity contribution is 5.48. The van der Waals surface area contributed by atoms with Gasteiger partial charge in [-0.1, -0.05) is 60.7 Å². The first-order chi connectivity index (χ1) is 9.19. The Bertz CT molecular complexity index is 484. The molecule has 0 atom stereocenters. The van der Waals surface area contributed by atoms with Gasteiger partial charge in [-0.2, -0.15) is 0 Å². The van der Waals surface area contributed by atoms with Gasteiger partial charge < -0.3 is 10.2 Å². The Balaban J connectivity index is 1.92. The second kappa shape index (κ2) is 4.80. The summed E-state index contributed by atoms with van der Waals surface area (Å²) in [6.45, 7) is 0. The molecule has 19 heavy (non-hydrogen) atoms. The maximum absolute atomic E-state index is 10.5. The Morgan fingerprint density at radius 2 is 1.00 bits per heavy atom. The standard InChI is InChI=1S/C17H16O2/c18-17(19)15(13-7-3-1-4-8-13)11-12-16(17)14-9-5-2-6-10-14/h1-10,18-19H,11-12H2. The predicted octanol–water partition coefficient (Wildman–Crippen LogP) is 2.71. The topological polar surface area (TPSA) is 40.5 Å². The quantitative estimate of drug-likeness (QED) is 0.807. The summed E-state index contributed by atoms with van der Waals surface area (Å²) in [5, 5.41) is 21.0. The Morgan fingerprint density at radius 1 is 0.632 bits per heavy atom. The highest BCUT2D eigenvalue weighted by Gasteiger charge is 2.50. The molecule has 1 aliphatic carbocycles. The van der Waals surface area contributed by atoms with E-state index < -0.39 is 5.79 Å². The molecule has 0 spiro atoms. The third-order valence-corrected chi connectivity index (χ3v) is 3.71. The van der Waals surface area contributed by atoms with Gasteiger partial charge in [-0.15, -0.1) is 0 Å². The first-order valence-electron chi connectivity index (χ1n) is 6.48. The number of hydrogen-bond acceptors (Lipinski definition) is 2. The maximum atomic E-state index is 10.5. The first kappa shape index (κ1) is 12.4. The molecule has 2 aromatic carbocycles. The summed E-state index contributed by atoms with van der Waals surface area (Å²) in [4.78, 5) is 0. The van der Waals surface area contributed by atoms with Crippen LogP contribution in [-0.4, -0.2) is 16.0 Å². The Hall–Kier alpha value is -1.64. The predicted molar refractivity (Wildman–Crippen MR) is 74.0 cm³/mol. The minimum atomic E-state index is -1.83. The molecule has 0 aliphatic heterocycles. The van der Waals surface area contributed by atoms with E-state index >= 15 is 0 Å². The van der Waals surface area contributed by atoms with Crippen LogP contribution in [0.25, 0.3) is 0 Å². The van der Waals surface area contributed by atoms with Gasteiger partial charge in [0.05, 0.1) is 11.8 Å². The van der Waals surface area contributed by atoms with Crippen molar-refractivity contribution in [1.82, 2.24) is 0 Å². The van der Waals surface area contributed by atoms with E-state index in [1.807, 2.05) is 60.7 Å². The molecule has 1 saturated carbocycles. The lowest BCUT2D eigenvalue weighted by atomic mass is 9.87. The van der Waals surface area contributed by atoms with Crippen LogP contribution in [0.2, 0.25) is 0 Å². The van der Waals surface area contributed by atoms with Gasteiger partial charge in [-0.25, -0.2) is 0 Å². The largest absolute Gasteiger partial charge is 0.364 e. The lowest BCUT2D eigenvalue weighted by Crippen LogP contribution is -2.37. The second-order valence-corrected chi connectivity index (χ2v) is 4.86. The zero-order valence-corrected chi connectivity index (χ0v) is 10.6. The Kier molecular flexibility index (Phi) is 3.13. The molecule has 2 N–H and O–H groups in total. The van der Waals surface area contributed by atoms with E-state index in [0.29, 0.717) is 24.7 Å². The van der Waals surface area contributed by atoms with E-state index in [4.69, 9.17) is 0 Å². The summed E-state index contributed by atoms with van der Waals surface area (Å²) in [5.41, 5.74) is 1.80. The van der Waals surface area contributed by atoms with Gasteiger partial charge in [0.25, 0.3) is 0 Å². The van der Waals surface area contributed by atoms with E-state index in [-0.39, 0.29) is 0 Å². The van der Waals surface area contributed by atoms with Crippen molar-refractivity contribution in [1.29, 1.82) is 0 Å². The molecule has 0 heterocycles. The van der Waals surface area contributed by atoms with Gasteiger partial charge in [0.2, 0.25) is 0 Å². The lowest BCUT2D eigenvalue weighted by Gasteiger charge is -2.29. The first-order valence-corrected chi connectivity index (χ1v) is 6.48. The number of rotatable bonds is 2. The molecule has 0 saturated heterocycles. The van der Waals surface area contributed by atoms with Gasteiger partial charge >= 0.3 is 0 Å². The van der Waals surface area contributed by atoms with E-state index in [1.54, 1.807) is 0 Å². The monoisotopic (exact) mass is 252 g/mol. The molecular weight excluding hydrogens is 236 g/mol. The summed E-state index contributed by atoms with van der Waals surface area (Å²) < 4.78 is 0. The molecule has 1 aliphatic rings. The SMILES string of the molecule is OC1(O)[C](c2ccccc2)CC[C]1c1ccccc1. The summed E-state index contributed by atoms with van der Waals surface area (Å²) in [5.74, 6) is -0.457. The van der Waals surface area contributed by atoms with Crippen LogP contribution < -0.4 is 0 Å². The average Bonchev–Trinajstić information content (AvgIpc) is 2.76. The van der Waals surface area contributed by atoms with Crippen LogP contribution in [-0.2, 0) is 0 Å². The van der Waals surface area contributed by atoms with Crippen molar-refractivity contribution < 1.29 is 10.2 Å². The molecule has 2 radical (unpaired) electrons. The number of aliphatic hydroxyl groups is 2. The van der Waals surface area contributed by atoms with E-state index in [1.165, 1.54) is 0 Å². The number of hydrogen-bond donors (Lipinski definition) is 2. The highest BCUT2D eigenvalue weighted by atomic mass is 16.5. The molecule has 0 amide bonds. The van der Waals surface area contributed by atoms with Crippen LogP contribution in [0, 0.1) is 11.8 Å². The van der Waals surface area contributed by atoms with Crippen molar-refractivity contribution in [2.24, 2.45) is 0 Å². The zero-order valence-electron chi connectivity index (χ0n) is 10.6. The van der Waals surface area contributed by atoms with Gasteiger partial charge in [0.1, 0.15) is 0 Å². The second-order valence-electron chi connectivity index (χ2n) is 4.86. The fraction of sp³-hybridized carbons (Fsp3) is 0.176. The highest BCUT2D eigenvalue weighted by Crippen LogP contribution is 2.48. The number of benzene rings is 2. The molecule has 3 rings (SSSR count). The minimum Gasteiger partial charge on any atom is -0.364 e. The Labute approximate surface area is 113 Å².